The molecule has 1 unspecified atom stereocenters. The SMILES string of the molecule is COC(=O)c1ccc(CN(CCC(c2ccccc2)N2CCN(C)CC2)[SH](=O)=O)c(F)c1. The van der Waals surface area contributed by atoms with Crippen LogP contribution >= 0.6 is 0 Å². The number of piperazine rings is 1. The lowest BCUT2D eigenvalue weighted by Crippen LogP contribution is -2.46. The molecule has 2 aromatic rings. The fourth-order valence-corrected chi connectivity index (χ4v) is 4.52. The fraction of sp³-hybridized carbons (Fsp3) is 0.435. The quantitative estimate of drug-likeness (QED) is 0.455. The van der Waals surface area contributed by atoms with Gasteiger partial charge in [-0.3, -0.25) is 4.90 Å². The summed E-state index contributed by atoms with van der Waals surface area (Å²) >= 11 is 0. The van der Waals surface area contributed by atoms with Crippen LogP contribution < -0.4 is 0 Å². The van der Waals surface area contributed by atoms with E-state index in [2.05, 4.69) is 33.7 Å². The molecule has 7 nitrogen and oxygen atoms in total. The Morgan fingerprint density at radius 1 is 1.12 bits per heavy atom. The van der Waals surface area contributed by atoms with Crippen molar-refractivity contribution in [3.05, 3.63) is 71.0 Å². The van der Waals surface area contributed by atoms with Gasteiger partial charge in [0.05, 0.1) is 12.7 Å². The molecule has 0 radical (unpaired) electrons. The number of rotatable bonds is 9. The fourth-order valence-electron chi connectivity index (χ4n) is 3.98. The molecule has 0 saturated carbocycles. The summed E-state index contributed by atoms with van der Waals surface area (Å²) in [5, 5.41) is 0. The molecule has 0 amide bonds. The van der Waals surface area contributed by atoms with Crippen molar-refractivity contribution in [1.29, 1.82) is 0 Å². The predicted molar refractivity (Wildman–Crippen MR) is 121 cm³/mol. The Kier molecular flexibility index (Phi) is 8.75. The van der Waals surface area contributed by atoms with Crippen molar-refractivity contribution in [3.8, 4) is 0 Å². The van der Waals surface area contributed by atoms with E-state index in [9.17, 15) is 17.6 Å². The Morgan fingerprint density at radius 3 is 2.41 bits per heavy atom. The van der Waals surface area contributed by atoms with Gasteiger partial charge in [0.25, 0.3) is 0 Å². The first kappa shape index (κ1) is 24.3. The van der Waals surface area contributed by atoms with Gasteiger partial charge in [-0.15, -0.1) is 0 Å². The summed E-state index contributed by atoms with van der Waals surface area (Å²) < 4.78 is 44.3. The van der Waals surface area contributed by atoms with Gasteiger partial charge in [0.1, 0.15) is 5.82 Å². The third kappa shape index (κ3) is 6.35. The van der Waals surface area contributed by atoms with Crippen molar-refractivity contribution in [3.63, 3.8) is 0 Å². The van der Waals surface area contributed by atoms with Crippen LogP contribution in [0.25, 0.3) is 0 Å². The largest absolute Gasteiger partial charge is 0.465 e. The van der Waals surface area contributed by atoms with Gasteiger partial charge in [0, 0.05) is 50.9 Å². The van der Waals surface area contributed by atoms with Crippen LogP contribution in [0.2, 0.25) is 0 Å². The number of carbonyl (C=O) groups excluding carboxylic acids is 1. The number of halogens is 1. The number of nitrogens with zero attached hydrogens (tertiary/aromatic N) is 3. The van der Waals surface area contributed by atoms with E-state index in [1.54, 1.807) is 0 Å². The number of hydrogen-bond donors (Lipinski definition) is 1. The summed E-state index contributed by atoms with van der Waals surface area (Å²) in [4.78, 5) is 16.3. The Balaban J connectivity index is 1.73. The summed E-state index contributed by atoms with van der Waals surface area (Å²) in [7, 11) is 0.421. The van der Waals surface area contributed by atoms with Gasteiger partial charge in [-0.05, 0) is 31.2 Å². The van der Waals surface area contributed by atoms with Crippen molar-refractivity contribution in [2.75, 3.05) is 46.9 Å². The maximum absolute atomic E-state index is 14.5. The molecule has 1 aliphatic rings. The summed E-state index contributed by atoms with van der Waals surface area (Å²) in [5.74, 6) is -1.27. The maximum atomic E-state index is 14.5. The highest BCUT2D eigenvalue weighted by atomic mass is 32.2. The van der Waals surface area contributed by atoms with E-state index in [0.717, 1.165) is 37.8 Å². The van der Waals surface area contributed by atoms with Crippen LogP contribution in [0.1, 0.15) is 33.9 Å². The molecule has 2 aromatic carbocycles. The summed E-state index contributed by atoms with van der Waals surface area (Å²) in [6.45, 7) is 3.91. The van der Waals surface area contributed by atoms with Crippen molar-refractivity contribution < 1.29 is 22.3 Å². The number of carbonyl (C=O) groups is 1. The molecule has 1 aliphatic heterocycles. The van der Waals surface area contributed by atoms with Gasteiger partial charge < -0.3 is 9.64 Å². The zero-order valence-electron chi connectivity index (χ0n) is 18.4. The molecule has 1 fully saturated rings. The van der Waals surface area contributed by atoms with E-state index in [0.29, 0.717) is 6.42 Å². The minimum atomic E-state index is -2.90. The van der Waals surface area contributed by atoms with E-state index >= 15 is 0 Å². The van der Waals surface area contributed by atoms with Crippen LogP contribution in [-0.4, -0.2) is 75.4 Å². The number of thiol groups is 1. The number of likely N-dealkylation sites (N-methyl/N-ethyl adjacent to an activating group) is 1. The molecule has 1 atom stereocenters. The first-order valence-electron chi connectivity index (χ1n) is 10.6. The monoisotopic (exact) mass is 463 g/mol. The number of hydrogen-bond acceptors (Lipinski definition) is 6. The van der Waals surface area contributed by atoms with E-state index in [1.165, 1.54) is 23.5 Å². The lowest BCUT2D eigenvalue weighted by molar-refractivity contribution is 0.0600. The summed E-state index contributed by atoms with van der Waals surface area (Å²) in [6, 6.07) is 14.1. The van der Waals surface area contributed by atoms with Crippen molar-refractivity contribution in [2.24, 2.45) is 0 Å². The highest BCUT2D eigenvalue weighted by Gasteiger charge is 2.25. The number of methoxy groups -OCH3 is 1. The Hall–Kier alpha value is -2.33. The van der Waals surface area contributed by atoms with E-state index in [-0.39, 0.29) is 30.3 Å². The lowest BCUT2D eigenvalue weighted by atomic mass is 10.0. The van der Waals surface area contributed by atoms with Gasteiger partial charge in [-0.2, -0.15) is 4.31 Å². The maximum Gasteiger partial charge on any atom is 0.337 e. The van der Waals surface area contributed by atoms with E-state index in [4.69, 9.17) is 0 Å². The summed E-state index contributed by atoms with van der Waals surface area (Å²) in [6.07, 6.45) is 0.596. The molecule has 174 valence electrons. The number of benzene rings is 2. The van der Waals surface area contributed by atoms with Crippen molar-refractivity contribution in [1.82, 2.24) is 14.1 Å². The van der Waals surface area contributed by atoms with Gasteiger partial charge in [-0.1, -0.05) is 36.4 Å². The standard InChI is InChI=1S/C23H30FN3O4S/c1-25-12-14-26(15-13-25)22(18-6-4-3-5-7-18)10-11-27(32(29)30)17-20-9-8-19(16-21(20)24)23(28)31-2/h3-9,16,22,32H,10-15,17H2,1-2H3. The molecule has 1 heterocycles. The van der Waals surface area contributed by atoms with Gasteiger partial charge in [-0.25, -0.2) is 17.6 Å². The molecule has 0 aliphatic carbocycles. The van der Waals surface area contributed by atoms with Crippen LogP contribution in [0, 0.1) is 5.82 Å². The third-order valence-corrected chi connectivity index (χ3v) is 6.68. The molecule has 0 N–H and O–H groups in total. The Labute approximate surface area is 190 Å². The van der Waals surface area contributed by atoms with Crippen molar-refractivity contribution >= 4 is 16.9 Å². The highest BCUT2D eigenvalue weighted by Crippen LogP contribution is 2.26. The predicted octanol–water partition coefficient (Wildman–Crippen LogP) is 2.32. The number of esters is 1. The van der Waals surface area contributed by atoms with E-state index < -0.39 is 22.7 Å². The molecule has 32 heavy (non-hydrogen) atoms. The Bertz CT molecular complexity index is 970. The number of ether oxygens (including phenoxy) is 1. The molecule has 9 heteroatoms. The lowest BCUT2D eigenvalue weighted by Gasteiger charge is -2.38. The average molecular weight is 464 g/mol. The first-order valence-corrected chi connectivity index (χ1v) is 11.8. The van der Waals surface area contributed by atoms with Gasteiger partial charge >= 0.3 is 5.97 Å². The first-order chi connectivity index (χ1) is 15.4. The third-order valence-electron chi connectivity index (χ3n) is 5.88. The second-order valence-corrected chi connectivity index (χ2v) is 9.02. The van der Waals surface area contributed by atoms with Crippen molar-refractivity contribution in [2.45, 2.75) is 19.0 Å². The molecular weight excluding hydrogens is 433 g/mol. The van der Waals surface area contributed by atoms with Crippen LogP contribution in [0.4, 0.5) is 4.39 Å². The van der Waals surface area contributed by atoms with Gasteiger partial charge in [0.2, 0.25) is 10.9 Å². The highest BCUT2D eigenvalue weighted by molar-refractivity contribution is 7.69. The molecule has 0 bridgehead atoms. The second kappa shape index (κ2) is 11.5. The van der Waals surface area contributed by atoms with Crippen LogP contribution in [0.15, 0.2) is 48.5 Å². The minimum Gasteiger partial charge on any atom is -0.465 e. The van der Waals surface area contributed by atoms with Gasteiger partial charge in [0.15, 0.2) is 0 Å². The van der Waals surface area contributed by atoms with Crippen LogP contribution in [-0.2, 0) is 22.2 Å². The second-order valence-electron chi connectivity index (χ2n) is 7.98. The molecule has 1 saturated heterocycles. The zero-order valence-corrected chi connectivity index (χ0v) is 19.3. The summed E-state index contributed by atoms with van der Waals surface area (Å²) in [5.41, 5.74) is 1.45. The molecule has 3 rings (SSSR count). The molecule has 0 aromatic heterocycles. The average Bonchev–Trinajstić information content (AvgIpc) is 2.80. The smallest absolute Gasteiger partial charge is 0.337 e. The van der Waals surface area contributed by atoms with E-state index in [1.807, 2.05) is 18.2 Å². The topological polar surface area (TPSA) is 70.2 Å². The van der Waals surface area contributed by atoms with Crippen LogP contribution in [0.5, 0.6) is 0 Å². The molecule has 0 spiro atoms. The molecular formula is C23H30FN3O4S. The minimum absolute atomic E-state index is 0.0777. The zero-order chi connectivity index (χ0) is 23.1. The van der Waals surface area contributed by atoms with Crippen LogP contribution in [0.3, 0.4) is 0 Å². The Morgan fingerprint density at radius 2 is 1.81 bits per heavy atom. The normalized spacial score (nSPS) is 16.4.